The van der Waals surface area contributed by atoms with Crippen molar-refractivity contribution in [3.05, 3.63) is 12.7 Å². The van der Waals surface area contributed by atoms with Crippen LogP contribution >= 0.6 is 0 Å². The van der Waals surface area contributed by atoms with Crippen molar-refractivity contribution in [1.29, 1.82) is 0 Å². The third kappa shape index (κ3) is 6.83. The van der Waals surface area contributed by atoms with Crippen LogP contribution in [0.3, 0.4) is 0 Å². The number of hydrogen-bond donors (Lipinski definition) is 1. The van der Waals surface area contributed by atoms with Gasteiger partial charge in [0.15, 0.2) is 0 Å². The molecule has 0 aliphatic heterocycles. The standard InChI is InChI=1S/C12H25N/c1-5-8-12(13-9-6-2)10-11(4)7-3/h5,11-13H,1,6-10H2,2-4H3. The van der Waals surface area contributed by atoms with Crippen LogP contribution in [0.15, 0.2) is 12.7 Å². The van der Waals surface area contributed by atoms with E-state index < -0.39 is 0 Å². The van der Waals surface area contributed by atoms with E-state index in [0.29, 0.717) is 6.04 Å². The minimum absolute atomic E-state index is 0.646. The molecule has 0 bridgehead atoms. The summed E-state index contributed by atoms with van der Waals surface area (Å²) < 4.78 is 0. The molecular weight excluding hydrogens is 158 g/mol. The van der Waals surface area contributed by atoms with Crippen LogP contribution in [0, 0.1) is 5.92 Å². The first-order valence-corrected chi connectivity index (χ1v) is 5.58. The van der Waals surface area contributed by atoms with Crippen LogP contribution in [0.5, 0.6) is 0 Å². The molecule has 0 aromatic rings. The van der Waals surface area contributed by atoms with Gasteiger partial charge in [-0.25, -0.2) is 0 Å². The van der Waals surface area contributed by atoms with E-state index in [2.05, 4.69) is 32.7 Å². The normalized spacial score (nSPS) is 15.3. The maximum atomic E-state index is 3.80. The molecule has 2 atom stereocenters. The molecule has 0 aliphatic rings. The maximum absolute atomic E-state index is 3.80. The van der Waals surface area contributed by atoms with Gasteiger partial charge in [0.05, 0.1) is 0 Å². The minimum atomic E-state index is 0.646. The van der Waals surface area contributed by atoms with Crippen molar-refractivity contribution < 1.29 is 0 Å². The molecule has 0 heterocycles. The quantitative estimate of drug-likeness (QED) is 0.569. The maximum Gasteiger partial charge on any atom is 0.0104 e. The fourth-order valence-electron chi connectivity index (χ4n) is 1.46. The molecule has 0 aliphatic carbocycles. The SMILES string of the molecule is C=CCC(CC(C)CC)NCCC. The van der Waals surface area contributed by atoms with Crippen molar-refractivity contribution in [3.8, 4) is 0 Å². The molecule has 0 aromatic heterocycles. The first-order valence-electron chi connectivity index (χ1n) is 5.58. The van der Waals surface area contributed by atoms with Gasteiger partial charge in [-0.3, -0.25) is 0 Å². The second-order valence-corrected chi connectivity index (χ2v) is 3.92. The monoisotopic (exact) mass is 183 g/mol. The highest BCUT2D eigenvalue weighted by atomic mass is 14.9. The Balaban J connectivity index is 3.71. The third-order valence-electron chi connectivity index (χ3n) is 2.52. The van der Waals surface area contributed by atoms with E-state index in [4.69, 9.17) is 0 Å². The highest BCUT2D eigenvalue weighted by Gasteiger charge is 2.09. The average Bonchev–Trinajstić information content (AvgIpc) is 2.14. The molecule has 1 heteroatoms. The molecule has 78 valence electrons. The first-order chi connectivity index (χ1) is 6.24. The van der Waals surface area contributed by atoms with E-state index in [9.17, 15) is 0 Å². The van der Waals surface area contributed by atoms with Crippen LogP contribution in [0.1, 0.15) is 46.5 Å². The summed E-state index contributed by atoms with van der Waals surface area (Å²) in [5, 5.41) is 3.56. The Hall–Kier alpha value is -0.300. The Morgan fingerprint density at radius 1 is 1.38 bits per heavy atom. The van der Waals surface area contributed by atoms with Crippen LogP contribution in [0.2, 0.25) is 0 Å². The van der Waals surface area contributed by atoms with Crippen LogP contribution in [-0.4, -0.2) is 12.6 Å². The lowest BCUT2D eigenvalue weighted by molar-refractivity contribution is 0.395. The van der Waals surface area contributed by atoms with E-state index in [1.165, 1.54) is 19.3 Å². The number of hydrogen-bond acceptors (Lipinski definition) is 1. The molecular formula is C12H25N. The molecule has 0 amide bonds. The smallest absolute Gasteiger partial charge is 0.0104 e. The second-order valence-electron chi connectivity index (χ2n) is 3.92. The van der Waals surface area contributed by atoms with Gasteiger partial charge in [-0.1, -0.05) is 33.3 Å². The fourth-order valence-corrected chi connectivity index (χ4v) is 1.46. The minimum Gasteiger partial charge on any atom is -0.314 e. The third-order valence-corrected chi connectivity index (χ3v) is 2.52. The van der Waals surface area contributed by atoms with E-state index in [1.54, 1.807) is 0 Å². The molecule has 2 unspecified atom stereocenters. The van der Waals surface area contributed by atoms with Crippen LogP contribution in [0.4, 0.5) is 0 Å². The summed E-state index contributed by atoms with van der Waals surface area (Å²) in [6.45, 7) is 11.7. The average molecular weight is 183 g/mol. The van der Waals surface area contributed by atoms with Gasteiger partial charge in [-0.15, -0.1) is 6.58 Å². The van der Waals surface area contributed by atoms with E-state index in [-0.39, 0.29) is 0 Å². The Morgan fingerprint density at radius 3 is 2.54 bits per heavy atom. The van der Waals surface area contributed by atoms with Gasteiger partial charge < -0.3 is 5.32 Å². The van der Waals surface area contributed by atoms with Gasteiger partial charge in [-0.2, -0.15) is 0 Å². The van der Waals surface area contributed by atoms with Crippen molar-refractivity contribution in [2.75, 3.05) is 6.54 Å². The lowest BCUT2D eigenvalue weighted by Gasteiger charge is -2.20. The molecule has 0 rings (SSSR count). The predicted molar refractivity (Wildman–Crippen MR) is 61.0 cm³/mol. The molecule has 0 saturated carbocycles. The second kappa shape index (κ2) is 8.31. The lowest BCUT2D eigenvalue weighted by atomic mass is 9.97. The summed E-state index contributed by atoms with van der Waals surface area (Å²) in [4.78, 5) is 0. The molecule has 0 spiro atoms. The van der Waals surface area contributed by atoms with E-state index in [0.717, 1.165) is 18.9 Å². The molecule has 0 saturated heterocycles. The van der Waals surface area contributed by atoms with Crippen LogP contribution in [0.25, 0.3) is 0 Å². The predicted octanol–water partition coefficient (Wildman–Crippen LogP) is 3.37. The Labute approximate surface area is 83.6 Å². The van der Waals surface area contributed by atoms with Gasteiger partial charge in [0.1, 0.15) is 0 Å². The summed E-state index contributed by atoms with van der Waals surface area (Å²) in [6.07, 6.45) is 6.90. The molecule has 0 aromatic carbocycles. The van der Waals surface area contributed by atoms with Crippen molar-refractivity contribution in [3.63, 3.8) is 0 Å². The van der Waals surface area contributed by atoms with Crippen LogP contribution in [-0.2, 0) is 0 Å². The summed E-state index contributed by atoms with van der Waals surface area (Å²) in [5.74, 6) is 0.828. The van der Waals surface area contributed by atoms with Crippen molar-refractivity contribution >= 4 is 0 Å². The zero-order chi connectivity index (χ0) is 10.1. The van der Waals surface area contributed by atoms with E-state index in [1.807, 2.05) is 6.08 Å². The molecule has 0 radical (unpaired) electrons. The highest BCUT2D eigenvalue weighted by molar-refractivity contribution is 4.79. The number of nitrogens with one attached hydrogen (secondary N) is 1. The van der Waals surface area contributed by atoms with Crippen molar-refractivity contribution in [2.24, 2.45) is 5.92 Å². The summed E-state index contributed by atoms with van der Waals surface area (Å²) in [6, 6.07) is 0.646. The van der Waals surface area contributed by atoms with Crippen LogP contribution < -0.4 is 5.32 Å². The lowest BCUT2D eigenvalue weighted by Crippen LogP contribution is -2.30. The van der Waals surface area contributed by atoms with Gasteiger partial charge in [0.25, 0.3) is 0 Å². The fraction of sp³-hybridized carbons (Fsp3) is 0.833. The zero-order valence-corrected chi connectivity index (χ0v) is 9.47. The Bertz CT molecular complexity index is 120. The van der Waals surface area contributed by atoms with Gasteiger partial charge in [-0.05, 0) is 31.7 Å². The Kier molecular flexibility index (Phi) is 8.11. The number of rotatable bonds is 8. The molecule has 0 fully saturated rings. The largest absolute Gasteiger partial charge is 0.314 e. The van der Waals surface area contributed by atoms with Crippen molar-refractivity contribution in [1.82, 2.24) is 5.32 Å². The highest BCUT2D eigenvalue weighted by Crippen LogP contribution is 2.12. The topological polar surface area (TPSA) is 12.0 Å². The van der Waals surface area contributed by atoms with Crippen molar-refractivity contribution in [2.45, 2.75) is 52.5 Å². The zero-order valence-electron chi connectivity index (χ0n) is 9.47. The molecule has 1 N–H and O–H groups in total. The molecule has 1 nitrogen and oxygen atoms in total. The first kappa shape index (κ1) is 12.7. The summed E-state index contributed by atoms with van der Waals surface area (Å²) in [5.41, 5.74) is 0. The molecule has 13 heavy (non-hydrogen) atoms. The van der Waals surface area contributed by atoms with Gasteiger partial charge in [0, 0.05) is 6.04 Å². The summed E-state index contributed by atoms with van der Waals surface area (Å²) >= 11 is 0. The summed E-state index contributed by atoms with van der Waals surface area (Å²) in [7, 11) is 0. The van der Waals surface area contributed by atoms with E-state index >= 15 is 0 Å². The van der Waals surface area contributed by atoms with Gasteiger partial charge in [0.2, 0.25) is 0 Å². The van der Waals surface area contributed by atoms with Gasteiger partial charge >= 0.3 is 0 Å². The Morgan fingerprint density at radius 2 is 2.08 bits per heavy atom.